The van der Waals surface area contributed by atoms with Crippen molar-refractivity contribution in [2.45, 2.75) is 46.0 Å². The molecule has 12 rings (SSSR count). The van der Waals surface area contributed by atoms with Crippen LogP contribution in [-0.4, -0.2) is 121 Å². The molecule has 29 nitrogen and oxygen atoms in total. The molecule has 12 aromatic rings. The van der Waals surface area contributed by atoms with Crippen LogP contribution in [0.25, 0.3) is 67.0 Å². The van der Waals surface area contributed by atoms with Crippen molar-refractivity contribution in [2.24, 2.45) is 0 Å². The zero-order chi connectivity index (χ0) is 63.0. The fraction of sp³-hybridized carbons (Fsp3) is 0.172. The Balaban J connectivity index is 0.000000148. The lowest BCUT2D eigenvalue weighted by Crippen LogP contribution is -2.44. The van der Waals surface area contributed by atoms with Gasteiger partial charge < -0.3 is 54.0 Å². The molecule has 0 atom stereocenters. The Morgan fingerprint density at radius 2 is 1.07 bits per heavy atom. The van der Waals surface area contributed by atoms with Crippen molar-refractivity contribution in [1.29, 1.82) is 0 Å². The van der Waals surface area contributed by atoms with Gasteiger partial charge in [-0.2, -0.15) is 0 Å². The molecule has 0 aliphatic carbocycles. The van der Waals surface area contributed by atoms with Crippen molar-refractivity contribution in [2.75, 3.05) is 20.6 Å². The molecule has 11 N–H and O–H groups in total. The Hall–Kier alpha value is -11.9. The maximum Gasteiger partial charge on any atom is 0.426 e. The number of ether oxygens (including phenoxy) is 1. The number of likely N-dealkylation sites (N-methyl/N-ethyl adjacent to an activating group) is 1. The molecule has 1 aromatic carbocycles. The van der Waals surface area contributed by atoms with E-state index >= 15 is 0 Å². The second-order valence-corrected chi connectivity index (χ2v) is 19.8. The second-order valence-electron chi connectivity index (χ2n) is 19.8. The highest BCUT2D eigenvalue weighted by atomic mass is 19.2. The van der Waals surface area contributed by atoms with E-state index < -0.39 is 46.6 Å². The number of hydrogen-bond donors (Lipinski definition) is 11. The number of hydrazine groups is 2. The number of halogens is 2. The maximum absolute atomic E-state index is 13.5. The Morgan fingerprint density at radius 1 is 0.562 bits per heavy atom. The van der Waals surface area contributed by atoms with Crippen LogP contribution in [0.15, 0.2) is 148 Å². The Kier molecular flexibility index (Phi) is 19.7. The standard InChI is InChI=1S/C23H16F2N6O3.C13H16N4O3.C11H13N5O2.C11H11N5O/c24-17-6-5-13(9-18(17)25)12-31-8-2-4-15(23(31)33)21(32)28-11-19-29-30-22(34-19)16-10-27-20-14(16)3-1-7-26-20;1-13(2,3)20-12(19)17-16-11(18)9-7-15-10-8(9)5-4-6-14-10;1-12-6-9(17)15-16-11(18)8-5-14-10-7(8)3-2-4-13-10;1-12-6-9-15-16-11(17-9)8-5-14-10-7(8)3-2-4-13-10/h1-10H,11-12H2,(H,26,27)(H,28,32);4-7H,1-3H3,(H,14,15)(H,16,18)(H,17,19);2-5,12H,6H2,1H3,(H,13,14)(H,15,17)(H,16,18);2-5,12H,6H2,1H3,(H,13,14). The maximum atomic E-state index is 13.5. The lowest BCUT2D eigenvalue weighted by Gasteiger charge is -2.19. The predicted molar refractivity (Wildman–Crippen MR) is 317 cm³/mol. The lowest BCUT2D eigenvalue weighted by atomic mass is 10.2. The molecule has 0 unspecified atom stereocenters. The van der Waals surface area contributed by atoms with E-state index in [2.05, 4.69) is 97.9 Å². The molecule has 0 fully saturated rings. The summed E-state index contributed by atoms with van der Waals surface area (Å²) in [4.78, 5) is 100. The van der Waals surface area contributed by atoms with Crippen LogP contribution in [0, 0.1) is 11.6 Å². The molecule has 0 bridgehead atoms. The minimum Gasteiger partial charge on any atom is -0.443 e. The van der Waals surface area contributed by atoms with Gasteiger partial charge in [0.05, 0.1) is 48.4 Å². The normalized spacial score (nSPS) is 11.0. The summed E-state index contributed by atoms with van der Waals surface area (Å²) in [5.74, 6) is -2.29. The first-order valence-corrected chi connectivity index (χ1v) is 26.9. The summed E-state index contributed by atoms with van der Waals surface area (Å²) in [6.45, 7) is 5.79. The third kappa shape index (κ3) is 15.7. The summed E-state index contributed by atoms with van der Waals surface area (Å²) in [5, 5.41) is 27.3. The molecule has 0 aliphatic rings. The number of fused-ring (bicyclic) bond motifs is 4. The Bertz CT molecular complexity index is 4520. The number of nitrogens with one attached hydrogen (secondary N) is 11. The van der Waals surface area contributed by atoms with Crippen LogP contribution in [0.2, 0.25) is 0 Å². The largest absolute Gasteiger partial charge is 0.443 e. The number of rotatable bonds is 13. The van der Waals surface area contributed by atoms with E-state index in [-0.39, 0.29) is 42.9 Å². The number of nitrogens with zero attached hydrogens (tertiary/aromatic N) is 9. The smallest absolute Gasteiger partial charge is 0.426 e. The van der Waals surface area contributed by atoms with Crippen molar-refractivity contribution in [3.05, 3.63) is 191 Å². The van der Waals surface area contributed by atoms with E-state index in [9.17, 15) is 37.5 Å². The molecule has 5 amide bonds. The van der Waals surface area contributed by atoms with E-state index in [0.717, 1.165) is 34.1 Å². The van der Waals surface area contributed by atoms with Gasteiger partial charge in [-0.1, -0.05) is 6.07 Å². The lowest BCUT2D eigenvalue weighted by molar-refractivity contribution is -0.120. The van der Waals surface area contributed by atoms with Gasteiger partial charge in [-0.3, -0.25) is 40.3 Å². The SMILES string of the molecule is CC(C)(C)OC(=O)NNC(=O)c1c[nH]c2ncccc12.CNCC(=O)NNC(=O)c1c[nH]c2ncccc12.CNCc1nnc(-c2c[nH]c3ncccc23)o1.O=C(NCc1nnc(-c2c[nH]c3ncccc23)o1)c1cccn(Cc2ccc(F)c(F)c2)c1=O. The quantitative estimate of drug-likeness (QED) is 0.0622. The first-order valence-electron chi connectivity index (χ1n) is 26.9. The number of hydrogen-bond acceptors (Lipinski definition) is 19. The molecular formula is C58H56F2N20O9. The molecule has 0 saturated carbocycles. The van der Waals surface area contributed by atoms with Crippen molar-refractivity contribution in [3.63, 3.8) is 0 Å². The van der Waals surface area contributed by atoms with Crippen LogP contribution in [0.3, 0.4) is 0 Å². The highest BCUT2D eigenvalue weighted by Crippen LogP contribution is 2.28. The highest BCUT2D eigenvalue weighted by Gasteiger charge is 2.21. The molecule has 11 heterocycles. The van der Waals surface area contributed by atoms with Crippen LogP contribution in [0.1, 0.15) is 69.2 Å². The number of amides is 5. The molecule has 11 aromatic heterocycles. The van der Waals surface area contributed by atoms with E-state index in [1.54, 1.807) is 95.3 Å². The number of aromatic nitrogens is 13. The van der Waals surface area contributed by atoms with Gasteiger partial charge >= 0.3 is 6.09 Å². The first-order chi connectivity index (χ1) is 43.0. The van der Waals surface area contributed by atoms with Crippen LogP contribution in [0.5, 0.6) is 0 Å². The van der Waals surface area contributed by atoms with Gasteiger partial charge in [-0.15, -0.1) is 20.4 Å². The molecule has 0 radical (unpaired) electrons. The van der Waals surface area contributed by atoms with Gasteiger partial charge in [0.15, 0.2) is 11.6 Å². The third-order valence-electron chi connectivity index (χ3n) is 12.3. The van der Waals surface area contributed by atoms with Crippen molar-refractivity contribution < 1.29 is 46.3 Å². The molecule has 0 aliphatic heterocycles. The molecule has 31 heteroatoms. The number of H-pyrrole nitrogens is 4. The Labute approximate surface area is 501 Å². The van der Waals surface area contributed by atoms with E-state index in [1.807, 2.05) is 31.4 Å². The van der Waals surface area contributed by atoms with Gasteiger partial charge in [0.25, 0.3) is 29.2 Å². The predicted octanol–water partition coefficient (Wildman–Crippen LogP) is 5.64. The van der Waals surface area contributed by atoms with Gasteiger partial charge in [-0.05, 0) is 113 Å². The highest BCUT2D eigenvalue weighted by molar-refractivity contribution is 6.07. The third-order valence-corrected chi connectivity index (χ3v) is 12.3. The average Bonchev–Trinajstić information content (AvgIpc) is 2.28. The number of carbonyl (C=O) groups excluding carboxylic acids is 5. The topological polar surface area (TPSA) is 393 Å². The van der Waals surface area contributed by atoms with Crippen LogP contribution in [0.4, 0.5) is 13.6 Å². The van der Waals surface area contributed by atoms with E-state index in [1.165, 1.54) is 35.2 Å². The first kappa shape index (κ1) is 61.7. The number of pyridine rings is 5. The van der Waals surface area contributed by atoms with E-state index in [4.69, 9.17) is 13.6 Å². The average molecular weight is 1220 g/mol. The summed E-state index contributed by atoms with van der Waals surface area (Å²) in [6.07, 6.45) is 14.0. The number of carbonyl (C=O) groups is 5. The van der Waals surface area contributed by atoms with Gasteiger partial charge in [-0.25, -0.2) is 38.9 Å². The van der Waals surface area contributed by atoms with Crippen LogP contribution in [-0.2, 0) is 29.2 Å². The summed E-state index contributed by atoms with van der Waals surface area (Å²) >= 11 is 0. The Morgan fingerprint density at radius 3 is 1.58 bits per heavy atom. The van der Waals surface area contributed by atoms with E-state index in [0.29, 0.717) is 68.3 Å². The summed E-state index contributed by atoms with van der Waals surface area (Å²) < 4.78 is 44.0. The minimum absolute atomic E-state index is 0.0242. The van der Waals surface area contributed by atoms with Crippen molar-refractivity contribution in [1.82, 2.24) is 102 Å². The van der Waals surface area contributed by atoms with Crippen LogP contribution >= 0.6 is 0 Å². The fourth-order valence-electron chi connectivity index (χ4n) is 8.37. The van der Waals surface area contributed by atoms with Gasteiger partial charge in [0.2, 0.25) is 23.6 Å². The molecule has 456 valence electrons. The van der Waals surface area contributed by atoms with Crippen molar-refractivity contribution in [3.8, 4) is 22.9 Å². The van der Waals surface area contributed by atoms with Gasteiger partial charge in [0, 0.05) is 77.3 Å². The van der Waals surface area contributed by atoms with Gasteiger partial charge in [0.1, 0.15) is 33.8 Å². The second kappa shape index (κ2) is 28.4. The van der Waals surface area contributed by atoms with Crippen molar-refractivity contribution >= 4 is 73.9 Å². The summed E-state index contributed by atoms with van der Waals surface area (Å²) in [5.41, 5.74) is 13.3. The minimum atomic E-state index is -1.01. The van der Waals surface area contributed by atoms with Crippen LogP contribution < -0.4 is 43.2 Å². The molecule has 89 heavy (non-hydrogen) atoms. The number of benzene rings is 1. The fourth-order valence-corrected chi connectivity index (χ4v) is 8.37. The number of aromatic amines is 4. The zero-order valence-corrected chi connectivity index (χ0v) is 48.0. The summed E-state index contributed by atoms with van der Waals surface area (Å²) in [7, 11) is 3.48. The molecule has 0 saturated heterocycles. The summed E-state index contributed by atoms with van der Waals surface area (Å²) in [6, 6.07) is 20.8. The molecule has 0 spiro atoms. The molecular weight excluding hydrogens is 1160 g/mol. The monoisotopic (exact) mass is 1210 g/mol. The zero-order valence-electron chi connectivity index (χ0n) is 48.0.